The van der Waals surface area contributed by atoms with Gasteiger partial charge in [-0.15, -0.1) is 0 Å². The van der Waals surface area contributed by atoms with Crippen molar-refractivity contribution in [2.24, 2.45) is 5.92 Å². The maximum Gasteiger partial charge on any atom is 0.266 e. The fourth-order valence-corrected chi connectivity index (χ4v) is 4.68. The molecule has 0 N–H and O–H groups in total. The molecule has 150 valence electrons. The molecule has 5 rings (SSSR count). The molecule has 0 radical (unpaired) electrons. The highest BCUT2D eigenvalue weighted by atomic mass is 79.9. The number of anilines is 2. The minimum Gasteiger partial charge on any atom is -0.273 e. The van der Waals surface area contributed by atoms with Crippen molar-refractivity contribution in [3.8, 4) is 0 Å². The molecule has 3 atom stereocenters. The molecule has 0 spiro atoms. The summed E-state index contributed by atoms with van der Waals surface area (Å²) in [4.78, 5) is 34.2. The fraction of sp³-hybridized carbons (Fsp3) is 0.167. The Labute approximate surface area is 183 Å². The Morgan fingerprint density at radius 1 is 0.833 bits per heavy atom. The van der Waals surface area contributed by atoms with Crippen LogP contribution in [0.1, 0.15) is 17.2 Å². The van der Waals surface area contributed by atoms with E-state index in [1.807, 2.05) is 79.7 Å². The topological polar surface area (TPSA) is 49.9 Å². The molecule has 2 saturated heterocycles. The number of benzene rings is 3. The number of carbonyl (C=O) groups is 2. The van der Waals surface area contributed by atoms with Crippen LogP contribution >= 0.6 is 15.9 Å². The molecule has 2 heterocycles. The molecule has 0 saturated carbocycles. The number of para-hydroxylation sites is 1. The lowest BCUT2D eigenvalue weighted by Gasteiger charge is -2.29. The molecular weight excluding hydrogens is 444 g/mol. The first-order valence-electron chi connectivity index (χ1n) is 9.75. The number of hydrogen-bond donors (Lipinski definition) is 0. The Balaban J connectivity index is 1.60. The van der Waals surface area contributed by atoms with Gasteiger partial charge in [0.15, 0.2) is 6.10 Å². The van der Waals surface area contributed by atoms with Crippen LogP contribution in [0, 0.1) is 12.8 Å². The second kappa shape index (κ2) is 7.38. The molecule has 0 aliphatic carbocycles. The molecule has 30 heavy (non-hydrogen) atoms. The highest BCUT2D eigenvalue weighted by Crippen LogP contribution is 2.47. The molecule has 2 amide bonds. The van der Waals surface area contributed by atoms with E-state index >= 15 is 0 Å². The zero-order valence-corrected chi connectivity index (χ0v) is 17.8. The summed E-state index contributed by atoms with van der Waals surface area (Å²) in [5.41, 5.74) is 3.29. The van der Waals surface area contributed by atoms with E-state index in [0.29, 0.717) is 5.69 Å². The second-order valence-electron chi connectivity index (χ2n) is 7.56. The average Bonchev–Trinajstić information content (AvgIpc) is 3.25. The smallest absolute Gasteiger partial charge is 0.266 e. The zero-order valence-electron chi connectivity index (χ0n) is 16.2. The van der Waals surface area contributed by atoms with Crippen LogP contribution in [0.15, 0.2) is 83.3 Å². The van der Waals surface area contributed by atoms with E-state index in [1.54, 1.807) is 11.1 Å². The highest BCUT2D eigenvalue weighted by Gasteiger charge is 2.60. The number of rotatable bonds is 3. The molecule has 0 unspecified atom stereocenters. The first-order valence-corrected chi connectivity index (χ1v) is 10.5. The first-order chi connectivity index (χ1) is 14.5. The van der Waals surface area contributed by atoms with Gasteiger partial charge < -0.3 is 0 Å². The summed E-state index contributed by atoms with van der Waals surface area (Å²) in [5, 5.41) is 1.71. The Hall–Kier alpha value is -2.96. The normalized spacial score (nSPS) is 23.2. The van der Waals surface area contributed by atoms with Gasteiger partial charge in [0.25, 0.3) is 5.91 Å². The lowest BCUT2D eigenvalue weighted by atomic mass is 9.90. The molecule has 0 bridgehead atoms. The number of hydroxylamine groups is 1. The van der Waals surface area contributed by atoms with Gasteiger partial charge in [0.2, 0.25) is 5.91 Å². The predicted molar refractivity (Wildman–Crippen MR) is 118 cm³/mol. The number of hydrogen-bond acceptors (Lipinski definition) is 4. The number of amides is 2. The summed E-state index contributed by atoms with van der Waals surface area (Å²) < 4.78 is 0.906. The third-order valence-electron chi connectivity index (χ3n) is 5.58. The average molecular weight is 463 g/mol. The Morgan fingerprint density at radius 3 is 2.30 bits per heavy atom. The predicted octanol–water partition coefficient (Wildman–Crippen LogP) is 4.81. The molecule has 2 aliphatic rings. The summed E-state index contributed by atoms with van der Waals surface area (Å²) in [6.45, 7) is 1.94. The van der Waals surface area contributed by atoms with E-state index < -0.39 is 18.1 Å². The molecule has 3 aromatic rings. The second-order valence-corrected chi connectivity index (χ2v) is 8.48. The molecule has 2 fully saturated rings. The van der Waals surface area contributed by atoms with E-state index in [0.717, 1.165) is 21.3 Å². The molecular formula is C24H19BrN2O3. The maximum absolute atomic E-state index is 13.5. The fourth-order valence-electron chi connectivity index (χ4n) is 4.26. The number of fused-ring (bicyclic) bond motifs is 1. The number of aryl methyl sites for hydroxylation is 1. The van der Waals surface area contributed by atoms with Crippen LogP contribution in [0.4, 0.5) is 11.4 Å². The summed E-state index contributed by atoms with van der Waals surface area (Å²) in [6.07, 6.45) is -0.859. The standard InChI is InChI=1S/C24H19BrN2O3/c1-15-7-5-12-19(13-15)26-23(28)20-21(16-8-6-9-17(25)14-16)27(30-22(20)24(26)29)18-10-3-2-4-11-18/h2-14,20-22H,1H3/t20-,21-,22+/m1/s1. The lowest BCUT2D eigenvalue weighted by Crippen LogP contribution is -2.37. The number of imide groups is 1. The van der Waals surface area contributed by atoms with Gasteiger partial charge in [-0.1, -0.05) is 58.4 Å². The van der Waals surface area contributed by atoms with Crippen LogP contribution in [0.5, 0.6) is 0 Å². The third kappa shape index (κ3) is 3.04. The van der Waals surface area contributed by atoms with Gasteiger partial charge in [0.05, 0.1) is 17.4 Å². The van der Waals surface area contributed by atoms with Crippen molar-refractivity contribution < 1.29 is 14.4 Å². The quantitative estimate of drug-likeness (QED) is 0.524. The van der Waals surface area contributed by atoms with E-state index in [2.05, 4.69) is 15.9 Å². The Bertz CT molecular complexity index is 1130. The SMILES string of the molecule is Cc1cccc(N2C(=O)[C@H]3[C@H](ON(c4ccccc4)[C@@H]3c3cccc(Br)c3)C2=O)c1. The molecule has 5 nitrogen and oxygen atoms in total. The lowest BCUT2D eigenvalue weighted by molar-refractivity contribution is -0.126. The zero-order chi connectivity index (χ0) is 20.8. The molecule has 2 aliphatic heterocycles. The van der Waals surface area contributed by atoms with E-state index in [1.165, 1.54) is 4.90 Å². The van der Waals surface area contributed by atoms with Gasteiger partial charge in [0, 0.05) is 4.47 Å². The summed E-state index contributed by atoms with van der Waals surface area (Å²) >= 11 is 3.52. The van der Waals surface area contributed by atoms with Gasteiger partial charge in [-0.2, -0.15) is 0 Å². The van der Waals surface area contributed by atoms with Crippen molar-refractivity contribution in [3.63, 3.8) is 0 Å². The van der Waals surface area contributed by atoms with Gasteiger partial charge in [-0.25, -0.2) is 9.96 Å². The minimum atomic E-state index is -0.859. The molecule has 0 aromatic heterocycles. The summed E-state index contributed by atoms with van der Waals surface area (Å²) in [7, 11) is 0. The Kier molecular flexibility index (Phi) is 4.68. The highest BCUT2D eigenvalue weighted by molar-refractivity contribution is 9.10. The van der Waals surface area contributed by atoms with Crippen molar-refractivity contribution in [1.82, 2.24) is 0 Å². The van der Waals surface area contributed by atoms with Crippen molar-refractivity contribution in [3.05, 3.63) is 94.5 Å². The van der Waals surface area contributed by atoms with Crippen LogP contribution in [0.2, 0.25) is 0 Å². The maximum atomic E-state index is 13.5. The number of carbonyl (C=O) groups excluding carboxylic acids is 2. The van der Waals surface area contributed by atoms with E-state index in [9.17, 15) is 9.59 Å². The molecule has 6 heteroatoms. The van der Waals surface area contributed by atoms with Crippen LogP contribution in [-0.2, 0) is 14.4 Å². The van der Waals surface area contributed by atoms with Crippen LogP contribution in [0.25, 0.3) is 0 Å². The molecule has 3 aromatic carbocycles. The monoisotopic (exact) mass is 462 g/mol. The summed E-state index contributed by atoms with van der Waals surface area (Å²) in [6, 6.07) is 24.4. The first kappa shape index (κ1) is 19.0. The van der Waals surface area contributed by atoms with Gasteiger partial charge >= 0.3 is 0 Å². The van der Waals surface area contributed by atoms with Crippen molar-refractivity contribution in [1.29, 1.82) is 0 Å². The summed E-state index contributed by atoms with van der Waals surface area (Å²) in [5.74, 6) is -1.19. The van der Waals surface area contributed by atoms with Crippen molar-refractivity contribution in [2.45, 2.75) is 19.1 Å². The van der Waals surface area contributed by atoms with Gasteiger partial charge in [0.1, 0.15) is 5.92 Å². The van der Waals surface area contributed by atoms with E-state index in [4.69, 9.17) is 4.84 Å². The van der Waals surface area contributed by atoms with Crippen LogP contribution < -0.4 is 9.96 Å². The number of halogens is 1. The van der Waals surface area contributed by atoms with E-state index in [-0.39, 0.29) is 11.8 Å². The largest absolute Gasteiger partial charge is 0.273 e. The van der Waals surface area contributed by atoms with Crippen LogP contribution in [0.3, 0.4) is 0 Å². The van der Waals surface area contributed by atoms with Crippen molar-refractivity contribution >= 4 is 39.1 Å². The Morgan fingerprint density at radius 2 is 1.57 bits per heavy atom. The van der Waals surface area contributed by atoms with Gasteiger partial charge in [-0.05, 0) is 54.4 Å². The third-order valence-corrected chi connectivity index (χ3v) is 6.07. The van der Waals surface area contributed by atoms with Gasteiger partial charge in [-0.3, -0.25) is 14.4 Å². The number of nitrogens with zero attached hydrogens (tertiary/aromatic N) is 2. The van der Waals surface area contributed by atoms with Crippen molar-refractivity contribution in [2.75, 3.05) is 9.96 Å². The minimum absolute atomic E-state index is 0.237. The van der Waals surface area contributed by atoms with Crippen LogP contribution in [-0.4, -0.2) is 17.9 Å².